The summed E-state index contributed by atoms with van der Waals surface area (Å²) in [5, 5.41) is 0. The second-order valence-electron chi connectivity index (χ2n) is 12.7. The molecule has 0 aliphatic heterocycles. The number of hydrogen-bond donors (Lipinski definition) is 1. The highest BCUT2D eigenvalue weighted by molar-refractivity contribution is 7.80. The molecular weight excluding hydrogens is 420 g/mol. The lowest BCUT2D eigenvalue weighted by molar-refractivity contribution is -0.0560. The molecule has 4 aliphatic carbocycles. The van der Waals surface area contributed by atoms with Gasteiger partial charge in [0.2, 0.25) is 0 Å². The molecule has 1 N–H and O–H groups in total. The highest BCUT2D eigenvalue weighted by atomic mass is 32.3. The molecule has 4 nitrogen and oxygen atoms in total. The highest BCUT2D eigenvalue weighted by Gasteiger charge is 2.59. The molecule has 0 saturated heterocycles. The van der Waals surface area contributed by atoms with Gasteiger partial charge in [-0.15, -0.1) is 0 Å². The zero-order valence-electron chi connectivity index (χ0n) is 21.0. The first-order valence-electron chi connectivity index (χ1n) is 13.3. The third-order valence-electron chi connectivity index (χ3n) is 10.5. The minimum absolute atomic E-state index is 0.171. The second kappa shape index (κ2) is 9.00. The standard InChI is InChI=1S/C27H46O4S/c1-18(2)7-6-8-19(3)23-11-12-24-22-10-9-20-17-21(31-32(28,29)30)13-15-26(20,4)25(22)14-16-27(23,24)5/h9,18-19,21-25H,6-8,10-17H2,1-5H3,(H,28,29,30)/t19-,21-,22+,23+,24+,25-,26-,27+/m0/s1. The Morgan fingerprint density at radius 2 is 1.81 bits per heavy atom. The normalized spacial score (nSPS) is 42.7. The van der Waals surface area contributed by atoms with Crippen LogP contribution in [-0.4, -0.2) is 19.1 Å². The maximum Gasteiger partial charge on any atom is 0.397 e. The van der Waals surface area contributed by atoms with Crippen LogP contribution in [0.2, 0.25) is 0 Å². The van der Waals surface area contributed by atoms with E-state index in [1.165, 1.54) is 50.5 Å². The van der Waals surface area contributed by atoms with E-state index < -0.39 is 16.5 Å². The van der Waals surface area contributed by atoms with Crippen LogP contribution in [0.4, 0.5) is 0 Å². The van der Waals surface area contributed by atoms with Crippen LogP contribution in [0, 0.1) is 46.3 Å². The average Bonchev–Trinajstić information content (AvgIpc) is 3.04. The van der Waals surface area contributed by atoms with Crippen LogP contribution in [-0.2, 0) is 14.6 Å². The number of fused-ring (bicyclic) bond motifs is 5. The summed E-state index contributed by atoms with van der Waals surface area (Å²) in [5.74, 6) is 4.83. The number of rotatable bonds is 7. The summed E-state index contributed by atoms with van der Waals surface area (Å²) in [4.78, 5) is 0. The molecule has 0 bridgehead atoms. The molecule has 3 saturated carbocycles. The number of hydrogen-bond acceptors (Lipinski definition) is 3. The van der Waals surface area contributed by atoms with Gasteiger partial charge in [0, 0.05) is 0 Å². The van der Waals surface area contributed by atoms with Crippen molar-refractivity contribution in [2.75, 3.05) is 0 Å². The predicted molar refractivity (Wildman–Crippen MR) is 129 cm³/mol. The zero-order chi connectivity index (χ0) is 23.3. The molecule has 5 heteroatoms. The van der Waals surface area contributed by atoms with Gasteiger partial charge in [-0.05, 0) is 97.7 Å². The van der Waals surface area contributed by atoms with Crippen LogP contribution in [0.25, 0.3) is 0 Å². The molecule has 0 amide bonds. The Labute approximate surface area is 196 Å². The fourth-order valence-electron chi connectivity index (χ4n) is 8.91. The fraction of sp³-hybridized carbons (Fsp3) is 0.926. The van der Waals surface area contributed by atoms with Gasteiger partial charge in [-0.25, -0.2) is 4.18 Å². The summed E-state index contributed by atoms with van der Waals surface area (Å²) in [5.41, 5.74) is 2.05. The lowest BCUT2D eigenvalue weighted by Gasteiger charge is -2.58. The van der Waals surface area contributed by atoms with Crippen molar-refractivity contribution in [3.63, 3.8) is 0 Å². The molecular formula is C27H46O4S. The first-order valence-corrected chi connectivity index (χ1v) is 14.7. The van der Waals surface area contributed by atoms with E-state index in [-0.39, 0.29) is 5.41 Å². The van der Waals surface area contributed by atoms with E-state index in [0.717, 1.165) is 42.4 Å². The molecule has 4 rings (SSSR count). The van der Waals surface area contributed by atoms with Crippen molar-refractivity contribution in [2.24, 2.45) is 46.3 Å². The summed E-state index contributed by atoms with van der Waals surface area (Å²) in [7, 11) is -4.38. The molecule has 0 spiro atoms. The molecule has 0 aromatic rings. The molecule has 4 aliphatic rings. The van der Waals surface area contributed by atoms with E-state index in [2.05, 4.69) is 40.7 Å². The van der Waals surface area contributed by atoms with Crippen molar-refractivity contribution in [1.82, 2.24) is 0 Å². The van der Waals surface area contributed by atoms with E-state index in [1.807, 2.05) is 0 Å². The smallest absolute Gasteiger partial charge is 0.264 e. The monoisotopic (exact) mass is 466 g/mol. The van der Waals surface area contributed by atoms with Crippen molar-refractivity contribution >= 4 is 10.4 Å². The molecule has 0 heterocycles. The molecule has 0 aromatic carbocycles. The van der Waals surface area contributed by atoms with Crippen LogP contribution < -0.4 is 0 Å². The Kier molecular flexibility index (Phi) is 6.95. The molecule has 0 aromatic heterocycles. The minimum Gasteiger partial charge on any atom is -0.264 e. The molecule has 32 heavy (non-hydrogen) atoms. The minimum atomic E-state index is -4.38. The summed E-state index contributed by atoms with van der Waals surface area (Å²) >= 11 is 0. The maximum atomic E-state index is 11.2. The Morgan fingerprint density at radius 1 is 1.06 bits per heavy atom. The number of allylic oxidation sites excluding steroid dienone is 1. The van der Waals surface area contributed by atoms with Crippen molar-refractivity contribution in [3.05, 3.63) is 11.6 Å². The summed E-state index contributed by atoms with van der Waals surface area (Å²) < 4.78 is 36.6. The third kappa shape index (κ3) is 4.60. The second-order valence-corrected chi connectivity index (χ2v) is 13.7. The van der Waals surface area contributed by atoms with Gasteiger partial charge in [0.05, 0.1) is 6.10 Å². The highest BCUT2D eigenvalue weighted by Crippen LogP contribution is 2.67. The van der Waals surface area contributed by atoms with E-state index in [1.54, 1.807) is 0 Å². The van der Waals surface area contributed by atoms with Crippen molar-refractivity contribution < 1.29 is 17.2 Å². The van der Waals surface area contributed by atoms with Gasteiger partial charge in [0.15, 0.2) is 0 Å². The van der Waals surface area contributed by atoms with Crippen LogP contribution in [0.5, 0.6) is 0 Å². The van der Waals surface area contributed by atoms with Gasteiger partial charge in [-0.3, -0.25) is 4.55 Å². The largest absolute Gasteiger partial charge is 0.397 e. The van der Waals surface area contributed by atoms with Gasteiger partial charge in [0.1, 0.15) is 0 Å². The summed E-state index contributed by atoms with van der Waals surface area (Å²) in [6.45, 7) is 12.3. The van der Waals surface area contributed by atoms with Crippen LogP contribution in [0.15, 0.2) is 11.6 Å². The van der Waals surface area contributed by atoms with Gasteiger partial charge in [-0.1, -0.05) is 65.5 Å². The summed E-state index contributed by atoms with van der Waals surface area (Å²) in [6.07, 6.45) is 15.1. The lowest BCUT2D eigenvalue weighted by atomic mass is 9.47. The first-order chi connectivity index (χ1) is 14.9. The van der Waals surface area contributed by atoms with Crippen LogP contribution in [0.3, 0.4) is 0 Å². The zero-order valence-corrected chi connectivity index (χ0v) is 21.8. The van der Waals surface area contributed by atoms with Gasteiger partial charge >= 0.3 is 10.4 Å². The van der Waals surface area contributed by atoms with Gasteiger partial charge < -0.3 is 0 Å². The molecule has 0 radical (unpaired) electrons. The Balaban J connectivity index is 1.47. The van der Waals surface area contributed by atoms with E-state index in [9.17, 15) is 8.42 Å². The van der Waals surface area contributed by atoms with E-state index in [4.69, 9.17) is 8.74 Å². The van der Waals surface area contributed by atoms with Crippen molar-refractivity contribution in [1.29, 1.82) is 0 Å². The van der Waals surface area contributed by atoms with Gasteiger partial charge in [-0.2, -0.15) is 8.42 Å². The first kappa shape index (κ1) is 24.7. The molecule has 3 fully saturated rings. The quantitative estimate of drug-likeness (QED) is 0.318. The topological polar surface area (TPSA) is 63.6 Å². The van der Waals surface area contributed by atoms with E-state index in [0.29, 0.717) is 24.2 Å². The predicted octanol–water partition coefficient (Wildman–Crippen LogP) is 7.22. The SMILES string of the molecule is CC(C)CCC[C@H](C)[C@H]1CC[C@@H]2[C@H]3CC=C4C[C@@H](OS(=O)(=O)O)CC[C@]4(C)[C@H]3CC[C@@]21C. The third-order valence-corrected chi connectivity index (χ3v) is 11.0. The van der Waals surface area contributed by atoms with Crippen molar-refractivity contribution in [2.45, 2.75) is 111 Å². The fourth-order valence-corrected chi connectivity index (χ4v) is 9.41. The maximum absolute atomic E-state index is 11.2. The average molecular weight is 467 g/mol. The van der Waals surface area contributed by atoms with Gasteiger partial charge in [0.25, 0.3) is 0 Å². The Hall–Kier alpha value is -0.390. The molecule has 0 unspecified atom stereocenters. The Bertz CT molecular complexity index is 818. The van der Waals surface area contributed by atoms with Crippen LogP contribution >= 0.6 is 0 Å². The van der Waals surface area contributed by atoms with Crippen LogP contribution in [0.1, 0.15) is 105 Å². The van der Waals surface area contributed by atoms with E-state index >= 15 is 0 Å². The molecule has 8 atom stereocenters. The van der Waals surface area contributed by atoms with Crippen molar-refractivity contribution in [3.8, 4) is 0 Å². The molecule has 184 valence electrons. The summed E-state index contributed by atoms with van der Waals surface area (Å²) in [6, 6.07) is 0. The Morgan fingerprint density at radius 3 is 2.50 bits per heavy atom. The lowest BCUT2D eigenvalue weighted by Crippen LogP contribution is -2.51.